The number of ketones is 1. The zero-order valence-electron chi connectivity index (χ0n) is 15.1. The molecule has 1 aliphatic carbocycles. The minimum atomic E-state index is -3.44. The van der Waals surface area contributed by atoms with E-state index in [1.165, 1.54) is 6.07 Å². The number of rotatable bonds is 4. The molecule has 1 aliphatic rings. The maximum atomic E-state index is 12.1. The maximum absolute atomic E-state index is 12.1. The number of aromatic nitrogens is 1. The Hall–Kier alpha value is -2.18. The van der Waals surface area contributed by atoms with Crippen LogP contribution in [0, 0.1) is 12.8 Å². The van der Waals surface area contributed by atoms with Gasteiger partial charge in [-0.1, -0.05) is 29.8 Å². The van der Waals surface area contributed by atoms with Crippen molar-refractivity contribution in [2.24, 2.45) is 5.92 Å². The van der Waals surface area contributed by atoms with Crippen LogP contribution in [0.3, 0.4) is 0 Å². The summed E-state index contributed by atoms with van der Waals surface area (Å²) in [5.41, 5.74) is 2.42. The van der Waals surface area contributed by atoms with Crippen LogP contribution in [0.2, 0.25) is 5.02 Å². The van der Waals surface area contributed by atoms with E-state index >= 15 is 0 Å². The van der Waals surface area contributed by atoms with Crippen molar-refractivity contribution < 1.29 is 13.2 Å². The van der Waals surface area contributed by atoms with Gasteiger partial charge in [-0.15, -0.1) is 0 Å². The zero-order valence-corrected chi connectivity index (χ0v) is 16.7. The SMILES string of the molecule is Cc1ccc(/C(=C/[C@H]2CCC(=O)C2)c2ccc(S(C)(=O)=O)c(Cl)c2)[nH]c1=O. The molecule has 3 rings (SSSR count). The van der Waals surface area contributed by atoms with Crippen molar-refractivity contribution in [1.29, 1.82) is 0 Å². The van der Waals surface area contributed by atoms with Gasteiger partial charge in [-0.25, -0.2) is 8.42 Å². The van der Waals surface area contributed by atoms with Gasteiger partial charge in [-0.05, 0) is 43.0 Å². The van der Waals surface area contributed by atoms with Crippen LogP contribution in [-0.2, 0) is 14.6 Å². The van der Waals surface area contributed by atoms with E-state index < -0.39 is 9.84 Å². The normalized spacial score (nSPS) is 18.1. The molecule has 0 spiro atoms. The van der Waals surface area contributed by atoms with Crippen molar-refractivity contribution in [2.45, 2.75) is 31.1 Å². The number of nitrogens with one attached hydrogen (secondary N) is 1. The Kier molecular flexibility index (Phi) is 5.40. The summed E-state index contributed by atoms with van der Waals surface area (Å²) in [6, 6.07) is 8.25. The monoisotopic (exact) mass is 405 g/mol. The molecule has 5 nitrogen and oxygen atoms in total. The number of halogens is 1. The minimum absolute atomic E-state index is 0.0562. The number of benzene rings is 1. The number of hydrogen-bond donors (Lipinski definition) is 1. The Morgan fingerprint density at radius 2 is 1.96 bits per heavy atom. The Balaban J connectivity index is 2.13. The van der Waals surface area contributed by atoms with Gasteiger partial charge < -0.3 is 4.98 Å². The first-order valence-electron chi connectivity index (χ1n) is 8.59. The fraction of sp³-hybridized carbons (Fsp3) is 0.300. The molecular formula is C20H20ClNO4S. The second-order valence-electron chi connectivity index (χ2n) is 6.92. The highest BCUT2D eigenvalue weighted by Crippen LogP contribution is 2.32. The molecule has 1 aromatic carbocycles. The largest absolute Gasteiger partial charge is 0.322 e. The third-order valence-corrected chi connectivity index (χ3v) is 6.30. The third-order valence-electron chi connectivity index (χ3n) is 4.73. The summed E-state index contributed by atoms with van der Waals surface area (Å²) in [4.78, 5) is 26.6. The topological polar surface area (TPSA) is 84.1 Å². The van der Waals surface area contributed by atoms with Gasteiger partial charge in [-0.3, -0.25) is 9.59 Å². The summed E-state index contributed by atoms with van der Waals surface area (Å²) in [5, 5.41) is 0.123. The van der Waals surface area contributed by atoms with Gasteiger partial charge in [0, 0.05) is 35.9 Å². The van der Waals surface area contributed by atoms with Crippen molar-refractivity contribution in [3.05, 3.63) is 68.6 Å². The highest BCUT2D eigenvalue weighted by molar-refractivity contribution is 7.90. The Morgan fingerprint density at radius 3 is 2.52 bits per heavy atom. The average Bonchev–Trinajstić information content (AvgIpc) is 2.99. The Labute approximate surface area is 163 Å². The summed E-state index contributed by atoms with van der Waals surface area (Å²) in [6.45, 7) is 1.72. The first kappa shape index (κ1) is 19.6. The molecule has 0 saturated heterocycles. The van der Waals surface area contributed by atoms with Crippen LogP contribution in [0.5, 0.6) is 0 Å². The van der Waals surface area contributed by atoms with E-state index in [4.69, 9.17) is 11.6 Å². The van der Waals surface area contributed by atoms with Gasteiger partial charge >= 0.3 is 0 Å². The highest BCUT2D eigenvalue weighted by atomic mass is 35.5. The van der Waals surface area contributed by atoms with E-state index in [0.717, 1.165) is 18.2 Å². The third kappa shape index (κ3) is 4.39. The molecule has 1 atom stereocenters. The van der Waals surface area contributed by atoms with Gasteiger partial charge in [0.25, 0.3) is 5.56 Å². The van der Waals surface area contributed by atoms with Gasteiger partial charge in [0.2, 0.25) is 0 Å². The molecule has 1 aromatic heterocycles. The van der Waals surface area contributed by atoms with Crippen LogP contribution in [0.4, 0.5) is 0 Å². The van der Waals surface area contributed by atoms with E-state index in [2.05, 4.69) is 4.98 Å². The predicted molar refractivity (Wildman–Crippen MR) is 106 cm³/mol. The summed E-state index contributed by atoms with van der Waals surface area (Å²) >= 11 is 6.21. The summed E-state index contributed by atoms with van der Waals surface area (Å²) in [7, 11) is -3.44. The average molecular weight is 406 g/mol. The van der Waals surface area contributed by atoms with Crippen molar-refractivity contribution in [2.75, 3.05) is 6.26 Å². The molecule has 27 heavy (non-hydrogen) atoms. The van der Waals surface area contributed by atoms with Gasteiger partial charge in [0.15, 0.2) is 9.84 Å². The minimum Gasteiger partial charge on any atom is -0.322 e. The van der Waals surface area contributed by atoms with Crippen LogP contribution in [0.25, 0.3) is 5.57 Å². The zero-order chi connectivity index (χ0) is 19.8. The lowest BCUT2D eigenvalue weighted by Crippen LogP contribution is -2.11. The van der Waals surface area contributed by atoms with Crippen LogP contribution in [0.1, 0.15) is 36.1 Å². The number of carbonyl (C=O) groups excluding carboxylic acids is 1. The number of hydrogen-bond acceptors (Lipinski definition) is 4. The van der Waals surface area contributed by atoms with Gasteiger partial charge in [0.1, 0.15) is 5.78 Å². The van der Waals surface area contributed by atoms with E-state index in [1.807, 2.05) is 6.08 Å². The van der Waals surface area contributed by atoms with Gasteiger partial charge in [0.05, 0.1) is 9.92 Å². The number of H-pyrrole nitrogens is 1. The molecule has 0 unspecified atom stereocenters. The van der Waals surface area contributed by atoms with Crippen LogP contribution in [-0.4, -0.2) is 25.4 Å². The number of sulfone groups is 1. The Bertz CT molecular complexity index is 1100. The molecule has 142 valence electrons. The van der Waals surface area contributed by atoms with Crippen molar-refractivity contribution >= 4 is 32.8 Å². The van der Waals surface area contributed by atoms with Crippen LogP contribution in [0.15, 0.2) is 46.1 Å². The fourth-order valence-corrected chi connectivity index (χ4v) is 4.56. The number of aryl methyl sites for hydroxylation is 1. The maximum Gasteiger partial charge on any atom is 0.251 e. The Morgan fingerprint density at radius 1 is 1.22 bits per heavy atom. The standard InChI is InChI=1S/C20H20ClNO4S/c1-12-3-7-18(22-20(12)24)16(10-13-4-6-15(23)9-13)14-5-8-19(17(21)11-14)27(2,25)26/h3,5,7-8,10-11,13H,4,6,9H2,1-2H3,(H,22,24)/b16-10+/t13-/m0/s1. The molecule has 0 aliphatic heterocycles. The number of Topliss-reactive ketones (excluding diaryl/α,β-unsaturated/α-hetero) is 1. The lowest BCUT2D eigenvalue weighted by atomic mass is 9.96. The van der Waals surface area contributed by atoms with Crippen LogP contribution >= 0.6 is 11.6 Å². The van der Waals surface area contributed by atoms with Gasteiger partial charge in [-0.2, -0.15) is 0 Å². The lowest BCUT2D eigenvalue weighted by molar-refractivity contribution is -0.117. The van der Waals surface area contributed by atoms with Crippen molar-refractivity contribution in [3.8, 4) is 0 Å². The van der Waals surface area contributed by atoms with Crippen molar-refractivity contribution in [1.82, 2.24) is 4.98 Å². The summed E-state index contributed by atoms with van der Waals surface area (Å²) in [6.07, 6.45) is 4.85. The summed E-state index contributed by atoms with van der Waals surface area (Å²) in [5.74, 6) is 0.295. The molecule has 0 amide bonds. The fourth-order valence-electron chi connectivity index (χ4n) is 3.24. The predicted octanol–water partition coefficient (Wildman–Crippen LogP) is 3.54. The molecule has 1 fully saturated rings. The molecule has 0 bridgehead atoms. The number of pyridine rings is 1. The first-order chi connectivity index (χ1) is 12.6. The molecule has 2 aromatic rings. The molecule has 0 radical (unpaired) electrons. The smallest absolute Gasteiger partial charge is 0.251 e. The van der Waals surface area contributed by atoms with E-state index in [1.54, 1.807) is 31.2 Å². The molecular weight excluding hydrogens is 386 g/mol. The van der Waals surface area contributed by atoms with Crippen molar-refractivity contribution in [3.63, 3.8) is 0 Å². The summed E-state index contributed by atoms with van der Waals surface area (Å²) < 4.78 is 23.6. The van der Waals surface area contributed by atoms with Crippen LogP contribution < -0.4 is 5.56 Å². The second-order valence-corrected chi connectivity index (χ2v) is 9.31. The molecule has 1 saturated carbocycles. The van der Waals surface area contributed by atoms with E-state index in [9.17, 15) is 18.0 Å². The second kappa shape index (κ2) is 7.44. The molecule has 1 N–H and O–H groups in total. The number of carbonyl (C=O) groups is 1. The first-order valence-corrected chi connectivity index (χ1v) is 10.9. The molecule has 1 heterocycles. The number of aromatic amines is 1. The highest BCUT2D eigenvalue weighted by Gasteiger charge is 2.22. The van der Waals surface area contributed by atoms with E-state index in [0.29, 0.717) is 29.7 Å². The van der Waals surface area contributed by atoms with E-state index in [-0.39, 0.29) is 27.2 Å². The quantitative estimate of drug-likeness (QED) is 0.843. The lowest BCUT2D eigenvalue weighted by Gasteiger charge is -2.13. The number of allylic oxidation sites excluding steroid dienone is 1. The molecule has 7 heteroatoms.